The third-order valence-electron chi connectivity index (χ3n) is 2.54. The Morgan fingerprint density at radius 3 is 2.71 bits per heavy atom. The van der Waals surface area contributed by atoms with Gasteiger partial charge < -0.3 is 20.9 Å². The monoisotopic (exact) mass is 298 g/mol. The van der Waals surface area contributed by atoms with Crippen molar-refractivity contribution in [3.8, 4) is 0 Å². The highest BCUT2D eigenvalue weighted by molar-refractivity contribution is 5.72. The molecule has 10 heteroatoms. The molecule has 0 unspecified atom stereocenters. The highest BCUT2D eigenvalue weighted by Gasteiger charge is 2.10. The molecule has 1 aromatic heterocycles. The van der Waals surface area contributed by atoms with Crippen molar-refractivity contribution in [3.05, 3.63) is 12.2 Å². The molecule has 0 spiro atoms. The maximum absolute atomic E-state index is 11.3. The second kappa shape index (κ2) is 9.53. The maximum Gasteiger partial charge on any atom is 0.407 e. The molecule has 21 heavy (non-hydrogen) atoms. The fraction of sp³-hybridized carbons (Fsp3) is 0.636. The number of aromatic nitrogens is 4. The summed E-state index contributed by atoms with van der Waals surface area (Å²) in [7, 11) is 0. The number of ether oxygens (including phenoxy) is 1. The number of carbonyl (C=O) groups excluding carboxylic acids is 1. The van der Waals surface area contributed by atoms with Crippen molar-refractivity contribution in [2.75, 3.05) is 13.2 Å². The predicted molar refractivity (Wildman–Crippen MR) is 70.1 cm³/mol. The van der Waals surface area contributed by atoms with Crippen molar-refractivity contribution < 1.29 is 19.4 Å². The molecule has 0 saturated heterocycles. The Morgan fingerprint density at radius 2 is 2.05 bits per heavy atom. The third kappa shape index (κ3) is 7.72. The number of unbranched alkanes of at least 4 members (excludes halogenated alkanes) is 1. The van der Waals surface area contributed by atoms with Gasteiger partial charge in [-0.3, -0.25) is 4.79 Å². The van der Waals surface area contributed by atoms with Crippen LogP contribution < -0.4 is 11.1 Å². The fourth-order valence-electron chi connectivity index (χ4n) is 1.42. The Morgan fingerprint density at radius 1 is 1.33 bits per heavy atom. The van der Waals surface area contributed by atoms with Crippen LogP contribution >= 0.6 is 0 Å². The lowest BCUT2D eigenvalue weighted by molar-refractivity contribution is -0.138. The summed E-state index contributed by atoms with van der Waals surface area (Å²) in [6, 6.07) is -0.856. The number of alkyl carbamates (subject to hydrolysis) is 1. The van der Waals surface area contributed by atoms with Gasteiger partial charge in [0.1, 0.15) is 12.6 Å². The molecular formula is C11H18N6O4. The summed E-state index contributed by atoms with van der Waals surface area (Å²) in [4.78, 5) is 21.8. The van der Waals surface area contributed by atoms with Gasteiger partial charge in [0.2, 0.25) is 0 Å². The third-order valence-corrected chi connectivity index (χ3v) is 2.54. The SMILES string of the molecule is N[C@@H](CCCCNC(=O)OCCc1nncnn1)C(=O)O. The van der Waals surface area contributed by atoms with Crippen LogP contribution in [0.25, 0.3) is 0 Å². The van der Waals surface area contributed by atoms with Gasteiger partial charge in [0.25, 0.3) is 0 Å². The molecule has 0 aliphatic carbocycles. The number of nitrogens with two attached hydrogens (primary N) is 1. The maximum atomic E-state index is 11.3. The lowest BCUT2D eigenvalue weighted by Crippen LogP contribution is -2.30. The summed E-state index contributed by atoms with van der Waals surface area (Å²) in [6.07, 6.45) is 2.62. The number of nitrogens with zero attached hydrogens (tertiary/aromatic N) is 4. The van der Waals surface area contributed by atoms with Crippen LogP contribution in [0.4, 0.5) is 4.79 Å². The van der Waals surface area contributed by atoms with Gasteiger partial charge in [0, 0.05) is 13.0 Å². The zero-order valence-electron chi connectivity index (χ0n) is 11.4. The molecule has 1 aromatic rings. The lowest BCUT2D eigenvalue weighted by atomic mass is 10.1. The second-order valence-corrected chi connectivity index (χ2v) is 4.22. The molecular weight excluding hydrogens is 280 g/mol. The van der Waals surface area contributed by atoms with Crippen LogP contribution in [0.5, 0.6) is 0 Å². The number of carboxylic acids is 1. The number of nitrogens with one attached hydrogen (secondary N) is 1. The smallest absolute Gasteiger partial charge is 0.407 e. The number of rotatable bonds is 9. The second-order valence-electron chi connectivity index (χ2n) is 4.22. The van der Waals surface area contributed by atoms with E-state index in [0.29, 0.717) is 38.1 Å². The van der Waals surface area contributed by atoms with Gasteiger partial charge in [-0.15, -0.1) is 20.4 Å². The average molecular weight is 298 g/mol. The topological polar surface area (TPSA) is 153 Å². The molecule has 0 aromatic carbocycles. The molecule has 0 fully saturated rings. The van der Waals surface area contributed by atoms with Crippen LogP contribution in [-0.2, 0) is 16.0 Å². The molecule has 1 rings (SSSR count). The Bertz CT molecular complexity index is 444. The quantitative estimate of drug-likeness (QED) is 0.493. The van der Waals surface area contributed by atoms with Crippen molar-refractivity contribution in [1.82, 2.24) is 25.7 Å². The van der Waals surface area contributed by atoms with E-state index < -0.39 is 18.1 Å². The molecule has 10 nitrogen and oxygen atoms in total. The Kier molecular flexibility index (Phi) is 7.58. The van der Waals surface area contributed by atoms with Crippen LogP contribution in [-0.4, -0.2) is 56.8 Å². The van der Waals surface area contributed by atoms with Gasteiger partial charge in [-0.05, 0) is 19.3 Å². The average Bonchev–Trinajstić information content (AvgIpc) is 2.47. The lowest BCUT2D eigenvalue weighted by Gasteiger charge is -2.07. The van der Waals surface area contributed by atoms with Crippen molar-refractivity contribution in [2.24, 2.45) is 5.73 Å². The number of aliphatic carboxylic acids is 1. The van der Waals surface area contributed by atoms with Gasteiger partial charge in [-0.1, -0.05) is 0 Å². The normalized spacial score (nSPS) is 11.7. The van der Waals surface area contributed by atoms with E-state index in [-0.39, 0.29) is 6.61 Å². The number of hydrogen-bond acceptors (Lipinski definition) is 8. The van der Waals surface area contributed by atoms with E-state index >= 15 is 0 Å². The molecule has 0 bridgehead atoms. The first-order valence-corrected chi connectivity index (χ1v) is 6.48. The largest absolute Gasteiger partial charge is 0.480 e. The minimum atomic E-state index is -1.02. The summed E-state index contributed by atoms with van der Waals surface area (Å²) in [6.45, 7) is 0.527. The van der Waals surface area contributed by atoms with Crippen molar-refractivity contribution in [3.63, 3.8) is 0 Å². The number of carboxylic acid groups (broad SMARTS) is 1. The van der Waals surface area contributed by atoms with E-state index in [1.54, 1.807) is 0 Å². The van der Waals surface area contributed by atoms with E-state index in [4.69, 9.17) is 15.6 Å². The molecule has 1 amide bonds. The molecule has 0 aliphatic rings. The van der Waals surface area contributed by atoms with Crippen molar-refractivity contribution in [2.45, 2.75) is 31.7 Å². The zero-order chi connectivity index (χ0) is 15.5. The van der Waals surface area contributed by atoms with E-state index in [1.807, 2.05) is 0 Å². The van der Waals surface area contributed by atoms with Gasteiger partial charge >= 0.3 is 12.1 Å². The van der Waals surface area contributed by atoms with E-state index in [1.165, 1.54) is 6.33 Å². The molecule has 116 valence electrons. The molecule has 4 N–H and O–H groups in total. The zero-order valence-corrected chi connectivity index (χ0v) is 11.4. The highest BCUT2D eigenvalue weighted by Crippen LogP contribution is 1.98. The van der Waals surface area contributed by atoms with Crippen LogP contribution in [0, 0.1) is 0 Å². The minimum absolute atomic E-state index is 0.128. The highest BCUT2D eigenvalue weighted by atomic mass is 16.5. The fourth-order valence-corrected chi connectivity index (χ4v) is 1.42. The molecule has 1 heterocycles. The molecule has 0 radical (unpaired) electrons. The summed E-state index contributed by atoms with van der Waals surface area (Å²) in [5.41, 5.74) is 5.35. The Balaban J connectivity index is 2.00. The van der Waals surface area contributed by atoms with Crippen molar-refractivity contribution >= 4 is 12.1 Å². The minimum Gasteiger partial charge on any atom is -0.480 e. The van der Waals surface area contributed by atoms with Crippen LogP contribution in [0.1, 0.15) is 25.1 Å². The van der Waals surface area contributed by atoms with Crippen LogP contribution in [0.15, 0.2) is 6.33 Å². The number of amides is 1. The molecule has 0 aliphatic heterocycles. The summed E-state index contributed by atoms with van der Waals surface area (Å²) in [5, 5.41) is 25.6. The predicted octanol–water partition coefficient (Wildman–Crippen LogP) is -0.882. The Labute approximate surface area is 121 Å². The summed E-state index contributed by atoms with van der Waals surface area (Å²) in [5.74, 6) is -0.623. The van der Waals surface area contributed by atoms with Gasteiger partial charge in [0.05, 0.1) is 0 Å². The molecule has 0 saturated carbocycles. The first-order chi connectivity index (χ1) is 10.1. The van der Waals surface area contributed by atoms with Crippen LogP contribution in [0.3, 0.4) is 0 Å². The first kappa shape index (κ1) is 16.7. The van der Waals surface area contributed by atoms with Crippen LogP contribution in [0.2, 0.25) is 0 Å². The van der Waals surface area contributed by atoms with Gasteiger partial charge in [-0.25, -0.2) is 4.79 Å². The molecule has 1 atom stereocenters. The standard InChI is InChI=1S/C11H18N6O4/c12-8(10(18)19)3-1-2-5-13-11(20)21-6-4-9-16-14-7-15-17-9/h7-8H,1-6,12H2,(H,13,20)(H,18,19)/t8-/m0/s1. The van der Waals surface area contributed by atoms with E-state index in [9.17, 15) is 9.59 Å². The first-order valence-electron chi connectivity index (χ1n) is 6.48. The summed E-state index contributed by atoms with van der Waals surface area (Å²) >= 11 is 0. The number of carbonyl (C=O) groups is 2. The number of hydrogen-bond donors (Lipinski definition) is 3. The van der Waals surface area contributed by atoms with Gasteiger partial charge in [0.15, 0.2) is 12.2 Å². The van der Waals surface area contributed by atoms with E-state index in [0.717, 1.165) is 0 Å². The Hall–Kier alpha value is -2.36. The van der Waals surface area contributed by atoms with Crippen molar-refractivity contribution in [1.29, 1.82) is 0 Å². The van der Waals surface area contributed by atoms with Gasteiger partial charge in [-0.2, -0.15) is 0 Å². The summed E-state index contributed by atoms with van der Waals surface area (Å²) < 4.78 is 4.91. The van der Waals surface area contributed by atoms with E-state index in [2.05, 4.69) is 25.7 Å².